The van der Waals surface area contributed by atoms with Crippen molar-refractivity contribution >= 4 is 31.9 Å². The minimum atomic E-state index is 0.960. The van der Waals surface area contributed by atoms with Gasteiger partial charge in [-0.15, -0.1) is 0 Å². The Morgan fingerprint density at radius 1 is 0.654 bits per heavy atom. The number of hydrogen-bond acceptors (Lipinski definition) is 1. The topological polar surface area (TPSA) is 17.8 Å². The van der Waals surface area contributed by atoms with Crippen molar-refractivity contribution in [3.05, 3.63) is 87.8 Å². The molecule has 0 aliphatic carbocycles. The lowest BCUT2D eigenvalue weighted by Crippen LogP contribution is -1.95. The van der Waals surface area contributed by atoms with Crippen LogP contribution in [0.5, 0.6) is 0 Å². The van der Waals surface area contributed by atoms with E-state index >= 15 is 0 Å². The van der Waals surface area contributed by atoms with Crippen LogP contribution in [-0.2, 0) is 7.05 Å². The van der Waals surface area contributed by atoms with Crippen LogP contribution in [-0.4, -0.2) is 9.55 Å². The van der Waals surface area contributed by atoms with Gasteiger partial charge in [-0.05, 0) is 24.3 Å². The maximum Gasteiger partial charge on any atom is 0.140 e. The molecule has 0 saturated heterocycles. The van der Waals surface area contributed by atoms with Gasteiger partial charge < -0.3 is 4.57 Å². The summed E-state index contributed by atoms with van der Waals surface area (Å²) in [5, 5.41) is 0. The van der Waals surface area contributed by atoms with Gasteiger partial charge in [0, 0.05) is 32.7 Å². The summed E-state index contributed by atoms with van der Waals surface area (Å²) < 4.78 is 4.30. The molecule has 4 rings (SSSR count). The maximum atomic E-state index is 5.01. The van der Waals surface area contributed by atoms with E-state index in [-0.39, 0.29) is 0 Å². The fraction of sp³-hybridized carbons (Fsp3) is 0.0455. The number of hydrogen-bond donors (Lipinski definition) is 0. The van der Waals surface area contributed by atoms with Crippen molar-refractivity contribution in [2.75, 3.05) is 0 Å². The van der Waals surface area contributed by atoms with Crippen LogP contribution < -0.4 is 0 Å². The summed E-state index contributed by atoms with van der Waals surface area (Å²) in [4.78, 5) is 5.01. The van der Waals surface area contributed by atoms with Crippen molar-refractivity contribution in [1.29, 1.82) is 0 Å². The van der Waals surface area contributed by atoms with Gasteiger partial charge in [-0.1, -0.05) is 86.5 Å². The number of halogens is 2. The fourth-order valence-corrected chi connectivity index (χ4v) is 3.62. The summed E-state index contributed by atoms with van der Waals surface area (Å²) in [6, 6.07) is 27.0. The highest BCUT2D eigenvalue weighted by molar-refractivity contribution is 9.10. The van der Waals surface area contributed by atoms with Crippen molar-refractivity contribution in [2.24, 2.45) is 7.05 Å². The first-order valence-electron chi connectivity index (χ1n) is 8.27. The highest BCUT2D eigenvalue weighted by Crippen LogP contribution is 2.36. The van der Waals surface area contributed by atoms with Crippen molar-refractivity contribution in [2.45, 2.75) is 0 Å². The lowest BCUT2D eigenvalue weighted by atomic mass is 10.0. The molecule has 0 unspecified atom stereocenters. The number of aromatic nitrogens is 2. The zero-order chi connectivity index (χ0) is 18.1. The van der Waals surface area contributed by atoms with Crippen LogP contribution in [0.4, 0.5) is 0 Å². The molecule has 0 bridgehead atoms. The summed E-state index contributed by atoms with van der Waals surface area (Å²) >= 11 is 7.04. The van der Waals surface area contributed by atoms with E-state index in [9.17, 15) is 0 Å². The van der Waals surface area contributed by atoms with Gasteiger partial charge in [0.05, 0.1) is 11.4 Å². The molecule has 0 aliphatic heterocycles. The second kappa shape index (κ2) is 7.22. The summed E-state index contributed by atoms with van der Waals surface area (Å²) in [5.74, 6) is 0.960. The predicted octanol–water partition coefficient (Wildman–Crippen LogP) is 6.95. The smallest absolute Gasteiger partial charge is 0.140 e. The molecular weight excluding hydrogens is 452 g/mol. The third-order valence-electron chi connectivity index (χ3n) is 4.36. The van der Waals surface area contributed by atoms with Crippen molar-refractivity contribution in [3.8, 4) is 33.9 Å². The molecule has 3 aromatic carbocycles. The minimum Gasteiger partial charge on any atom is -0.327 e. The largest absolute Gasteiger partial charge is 0.327 e. The Bertz CT molecular complexity index is 1030. The molecule has 0 radical (unpaired) electrons. The first kappa shape index (κ1) is 17.3. The molecule has 0 N–H and O–H groups in total. The van der Waals surface area contributed by atoms with Crippen molar-refractivity contribution in [3.63, 3.8) is 0 Å². The number of benzene rings is 3. The van der Waals surface area contributed by atoms with E-state index in [1.165, 1.54) is 0 Å². The van der Waals surface area contributed by atoms with E-state index in [1.54, 1.807) is 0 Å². The molecule has 0 amide bonds. The Morgan fingerprint density at radius 3 is 1.77 bits per heavy atom. The lowest BCUT2D eigenvalue weighted by Gasteiger charge is -2.08. The van der Waals surface area contributed by atoms with Gasteiger partial charge in [0.1, 0.15) is 5.82 Å². The van der Waals surface area contributed by atoms with Crippen molar-refractivity contribution < 1.29 is 0 Å². The fourth-order valence-electron chi connectivity index (χ4n) is 3.09. The molecule has 2 nitrogen and oxygen atoms in total. The molecule has 1 aromatic heterocycles. The van der Waals surface area contributed by atoms with Crippen LogP contribution in [0.3, 0.4) is 0 Å². The molecule has 0 saturated carbocycles. The molecule has 0 aliphatic rings. The molecule has 0 atom stereocenters. The zero-order valence-electron chi connectivity index (χ0n) is 14.2. The first-order chi connectivity index (χ1) is 12.6. The first-order valence-corrected chi connectivity index (χ1v) is 9.86. The predicted molar refractivity (Wildman–Crippen MR) is 115 cm³/mol. The van der Waals surface area contributed by atoms with Gasteiger partial charge in [-0.3, -0.25) is 0 Å². The third-order valence-corrected chi connectivity index (χ3v) is 5.42. The standard InChI is InChI=1S/C22H16Br2N2/c1-26-21(16-9-13-19(24)14-10-16)20(15-7-11-18(23)12-8-15)25-22(26)17-5-3-2-4-6-17/h2-14H,1H3. The van der Waals surface area contributed by atoms with E-state index in [4.69, 9.17) is 4.98 Å². The summed E-state index contributed by atoms with van der Waals surface area (Å²) in [6.45, 7) is 0. The summed E-state index contributed by atoms with van der Waals surface area (Å²) in [7, 11) is 2.08. The summed E-state index contributed by atoms with van der Waals surface area (Å²) in [6.07, 6.45) is 0. The molecule has 0 spiro atoms. The van der Waals surface area contributed by atoms with Gasteiger partial charge in [-0.2, -0.15) is 0 Å². The Balaban J connectivity index is 1.96. The van der Waals surface area contributed by atoms with Crippen LogP contribution in [0.15, 0.2) is 87.8 Å². The van der Waals surface area contributed by atoms with Gasteiger partial charge >= 0.3 is 0 Å². The SMILES string of the molecule is Cn1c(-c2ccccc2)nc(-c2ccc(Br)cc2)c1-c1ccc(Br)cc1. The normalized spacial score (nSPS) is 10.9. The average Bonchev–Trinajstić information content (AvgIpc) is 3.01. The van der Waals surface area contributed by atoms with Crippen LogP contribution in [0.1, 0.15) is 0 Å². The number of imidazole rings is 1. The second-order valence-corrected chi connectivity index (χ2v) is 7.90. The zero-order valence-corrected chi connectivity index (χ0v) is 17.3. The number of nitrogens with zero attached hydrogens (tertiary/aromatic N) is 2. The van der Waals surface area contributed by atoms with E-state index < -0.39 is 0 Å². The molecule has 128 valence electrons. The molecule has 26 heavy (non-hydrogen) atoms. The Morgan fingerprint density at radius 2 is 1.19 bits per heavy atom. The lowest BCUT2D eigenvalue weighted by molar-refractivity contribution is 0.933. The number of rotatable bonds is 3. The molecule has 1 heterocycles. The molecule has 4 aromatic rings. The molecular formula is C22H16Br2N2. The third kappa shape index (κ3) is 3.27. The van der Waals surface area contributed by atoms with E-state index in [0.717, 1.165) is 42.8 Å². The van der Waals surface area contributed by atoms with Crippen LogP contribution in [0.25, 0.3) is 33.9 Å². The second-order valence-electron chi connectivity index (χ2n) is 6.07. The summed E-state index contributed by atoms with van der Waals surface area (Å²) in [5.41, 5.74) is 5.45. The Hall–Kier alpha value is -2.17. The molecule has 0 fully saturated rings. The van der Waals surface area contributed by atoms with Crippen LogP contribution in [0.2, 0.25) is 0 Å². The van der Waals surface area contributed by atoms with E-state index in [2.05, 4.69) is 104 Å². The van der Waals surface area contributed by atoms with Gasteiger partial charge in [-0.25, -0.2) is 4.98 Å². The minimum absolute atomic E-state index is 0.960. The Labute approximate surface area is 169 Å². The van der Waals surface area contributed by atoms with E-state index in [1.807, 2.05) is 18.2 Å². The maximum absolute atomic E-state index is 5.01. The Kier molecular flexibility index (Phi) is 4.79. The van der Waals surface area contributed by atoms with Crippen molar-refractivity contribution in [1.82, 2.24) is 9.55 Å². The van der Waals surface area contributed by atoms with Gasteiger partial charge in [0.2, 0.25) is 0 Å². The van der Waals surface area contributed by atoms with E-state index in [0.29, 0.717) is 0 Å². The molecule has 4 heteroatoms. The van der Waals surface area contributed by atoms with Gasteiger partial charge in [0.25, 0.3) is 0 Å². The highest BCUT2D eigenvalue weighted by Gasteiger charge is 2.18. The highest BCUT2D eigenvalue weighted by atomic mass is 79.9. The van der Waals surface area contributed by atoms with Gasteiger partial charge in [0.15, 0.2) is 0 Å². The van der Waals surface area contributed by atoms with Crippen LogP contribution in [0, 0.1) is 0 Å². The average molecular weight is 468 g/mol. The van der Waals surface area contributed by atoms with Crippen LogP contribution >= 0.6 is 31.9 Å². The monoisotopic (exact) mass is 466 g/mol. The quantitative estimate of drug-likeness (QED) is 0.319.